The molecule has 1 aromatic rings. The number of rotatable bonds is 3. The van der Waals surface area contributed by atoms with E-state index in [9.17, 15) is 4.79 Å². The highest BCUT2D eigenvalue weighted by Gasteiger charge is 2.22. The number of methoxy groups -OCH3 is 1. The molecule has 18 heavy (non-hydrogen) atoms. The Kier molecular flexibility index (Phi) is 4.36. The molecule has 2 rings (SSSR count). The van der Waals surface area contributed by atoms with Gasteiger partial charge in [-0.05, 0) is 37.1 Å². The molecule has 1 aliphatic rings. The van der Waals surface area contributed by atoms with Crippen molar-refractivity contribution in [2.45, 2.75) is 23.0 Å². The molecular weight excluding hydrogens is 250 g/mol. The first-order valence-corrected chi connectivity index (χ1v) is 6.85. The van der Waals surface area contributed by atoms with Gasteiger partial charge in [-0.25, -0.2) is 4.79 Å². The molecular formula is C13H17NO3S. The van der Waals surface area contributed by atoms with E-state index in [4.69, 9.17) is 9.84 Å². The van der Waals surface area contributed by atoms with E-state index in [0.29, 0.717) is 18.3 Å². The Balaban J connectivity index is 1.85. The van der Waals surface area contributed by atoms with Crippen molar-refractivity contribution in [1.29, 1.82) is 0 Å². The molecule has 0 atom stereocenters. The molecule has 1 aromatic carbocycles. The highest BCUT2D eigenvalue weighted by atomic mass is 32.2. The second-order valence-electron chi connectivity index (χ2n) is 4.26. The quantitative estimate of drug-likeness (QED) is 0.914. The van der Waals surface area contributed by atoms with Crippen LogP contribution in [0, 0.1) is 0 Å². The Labute approximate surface area is 111 Å². The molecule has 1 aliphatic heterocycles. The number of carbonyl (C=O) groups is 1. The molecule has 0 aromatic heterocycles. The Morgan fingerprint density at radius 3 is 2.44 bits per heavy atom. The topological polar surface area (TPSA) is 49.8 Å². The molecule has 1 fully saturated rings. The molecule has 0 bridgehead atoms. The second kappa shape index (κ2) is 6.00. The van der Waals surface area contributed by atoms with E-state index in [-0.39, 0.29) is 0 Å². The molecule has 0 radical (unpaired) electrons. The molecule has 4 nitrogen and oxygen atoms in total. The maximum absolute atomic E-state index is 10.8. The van der Waals surface area contributed by atoms with Gasteiger partial charge < -0.3 is 14.7 Å². The number of benzene rings is 1. The first kappa shape index (κ1) is 13.1. The average Bonchev–Trinajstić information content (AvgIpc) is 2.40. The number of ether oxygens (including phenoxy) is 1. The summed E-state index contributed by atoms with van der Waals surface area (Å²) in [5, 5.41) is 9.39. The van der Waals surface area contributed by atoms with Gasteiger partial charge in [-0.15, -0.1) is 11.8 Å². The molecule has 1 saturated heterocycles. The number of carboxylic acid groups (broad SMARTS) is 1. The zero-order valence-corrected chi connectivity index (χ0v) is 11.2. The van der Waals surface area contributed by atoms with Crippen molar-refractivity contribution in [1.82, 2.24) is 4.90 Å². The highest BCUT2D eigenvalue weighted by Crippen LogP contribution is 2.31. The fourth-order valence-electron chi connectivity index (χ4n) is 2.01. The van der Waals surface area contributed by atoms with Crippen molar-refractivity contribution < 1.29 is 14.6 Å². The van der Waals surface area contributed by atoms with Crippen molar-refractivity contribution in [3.05, 3.63) is 24.3 Å². The molecule has 1 heterocycles. The maximum atomic E-state index is 10.8. The van der Waals surface area contributed by atoms with E-state index in [2.05, 4.69) is 0 Å². The van der Waals surface area contributed by atoms with Crippen LogP contribution in [0.3, 0.4) is 0 Å². The fourth-order valence-corrected chi connectivity index (χ4v) is 3.14. The summed E-state index contributed by atoms with van der Waals surface area (Å²) in [6.07, 6.45) is 1.04. The van der Waals surface area contributed by atoms with E-state index in [1.807, 2.05) is 36.0 Å². The number of hydrogen-bond acceptors (Lipinski definition) is 3. The number of nitrogens with zero attached hydrogens (tertiary/aromatic N) is 1. The van der Waals surface area contributed by atoms with Crippen LogP contribution in [0.15, 0.2) is 29.2 Å². The minimum Gasteiger partial charge on any atom is -0.497 e. The largest absolute Gasteiger partial charge is 0.497 e. The summed E-state index contributed by atoms with van der Waals surface area (Å²) >= 11 is 1.82. The van der Waals surface area contributed by atoms with Crippen LogP contribution in [0.4, 0.5) is 4.79 Å². The Hall–Kier alpha value is -1.36. The van der Waals surface area contributed by atoms with Crippen molar-refractivity contribution in [3.63, 3.8) is 0 Å². The van der Waals surface area contributed by atoms with Crippen LogP contribution in [-0.2, 0) is 0 Å². The molecule has 0 spiro atoms. The molecule has 5 heteroatoms. The molecule has 0 aliphatic carbocycles. The van der Waals surface area contributed by atoms with Gasteiger partial charge in [0.25, 0.3) is 0 Å². The SMILES string of the molecule is COc1ccc(SC2CCN(C(=O)O)CC2)cc1. The Morgan fingerprint density at radius 1 is 1.33 bits per heavy atom. The molecule has 0 saturated carbocycles. The summed E-state index contributed by atoms with van der Waals surface area (Å²) in [5.41, 5.74) is 0. The molecule has 1 amide bonds. The van der Waals surface area contributed by atoms with Gasteiger partial charge in [0.2, 0.25) is 0 Å². The van der Waals surface area contributed by atoms with Crippen LogP contribution in [0.2, 0.25) is 0 Å². The van der Waals surface area contributed by atoms with E-state index in [1.54, 1.807) is 7.11 Å². The number of hydrogen-bond donors (Lipinski definition) is 1. The van der Waals surface area contributed by atoms with E-state index >= 15 is 0 Å². The summed E-state index contributed by atoms with van der Waals surface area (Å²) in [5.74, 6) is 0.861. The van der Waals surface area contributed by atoms with E-state index in [0.717, 1.165) is 18.6 Å². The number of amides is 1. The summed E-state index contributed by atoms with van der Waals surface area (Å²) < 4.78 is 5.12. The zero-order chi connectivity index (χ0) is 13.0. The predicted molar refractivity (Wildman–Crippen MR) is 71.5 cm³/mol. The van der Waals surface area contributed by atoms with Gasteiger partial charge in [0.1, 0.15) is 5.75 Å². The van der Waals surface area contributed by atoms with Crippen LogP contribution in [-0.4, -0.2) is 41.5 Å². The van der Waals surface area contributed by atoms with Crippen LogP contribution in [0.25, 0.3) is 0 Å². The monoisotopic (exact) mass is 267 g/mol. The van der Waals surface area contributed by atoms with Gasteiger partial charge >= 0.3 is 6.09 Å². The predicted octanol–water partition coefficient (Wildman–Crippen LogP) is 2.93. The van der Waals surface area contributed by atoms with Gasteiger partial charge in [-0.1, -0.05) is 0 Å². The van der Waals surface area contributed by atoms with Crippen molar-refractivity contribution in [2.75, 3.05) is 20.2 Å². The third-order valence-electron chi connectivity index (χ3n) is 3.07. The highest BCUT2D eigenvalue weighted by molar-refractivity contribution is 8.00. The zero-order valence-electron chi connectivity index (χ0n) is 10.3. The van der Waals surface area contributed by atoms with Gasteiger partial charge in [-0.3, -0.25) is 0 Å². The summed E-state index contributed by atoms with van der Waals surface area (Å²) in [6.45, 7) is 1.28. The van der Waals surface area contributed by atoms with Crippen molar-refractivity contribution in [3.8, 4) is 5.75 Å². The summed E-state index contributed by atoms with van der Waals surface area (Å²) in [6, 6.07) is 8.00. The lowest BCUT2D eigenvalue weighted by Crippen LogP contribution is -2.38. The maximum Gasteiger partial charge on any atom is 0.407 e. The normalized spacial score (nSPS) is 16.6. The van der Waals surface area contributed by atoms with Gasteiger partial charge in [0.15, 0.2) is 0 Å². The third-order valence-corrected chi connectivity index (χ3v) is 4.42. The van der Waals surface area contributed by atoms with Gasteiger partial charge in [-0.2, -0.15) is 0 Å². The van der Waals surface area contributed by atoms with Crippen LogP contribution in [0.5, 0.6) is 5.75 Å². The first-order valence-electron chi connectivity index (χ1n) is 5.97. The molecule has 0 unspecified atom stereocenters. The average molecular weight is 267 g/mol. The van der Waals surface area contributed by atoms with Crippen molar-refractivity contribution >= 4 is 17.9 Å². The number of likely N-dealkylation sites (tertiary alicyclic amines) is 1. The lowest BCUT2D eigenvalue weighted by Gasteiger charge is -2.29. The van der Waals surface area contributed by atoms with Crippen LogP contribution < -0.4 is 4.74 Å². The van der Waals surface area contributed by atoms with Gasteiger partial charge in [0.05, 0.1) is 7.11 Å². The molecule has 1 N–H and O–H groups in total. The van der Waals surface area contributed by atoms with Crippen molar-refractivity contribution in [2.24, 2.45) is 0 Å². The summed E-state index contributed by atoms with van der Waals surface area (Å²) in [4.78, 5) is 13.5. The van der Waals surface area contributed by atoms with E-state index in [1.165, 1.54) is 9.80 Å². The summed E-state index contributed by atoms with van der Waals surface area (Å²) in [7, 11) is 1.66. The Morgan fingerprint density at radius 2 is 1.94 bits per heavy atom. The third kappa shape index (κ3) is 3.32. The smallest absolute Gasteiger partial charge is 0.407 e. The lowest BCUT2D eigenvalue weighted by molar-refractivity contribution is 0.136. The van der Waals surface area contributed by atoms with Crippen LogP contribution in [0.1, 0.15) is 12.8 Å². The van der Waals surface area contributed by atoms with Gasteiger partial charge in [0, 0.05) is 23.2 Å². The minimum atomic E-state index is -0.803. The minimum absolute atomic E-state index is 0.508. The fraction of sp³-hybridized carbons (Fsp3) is 0.462. The number of piperidine rings is 1. The van der Waals surface area contributed by atoms with E-state index < -0.39 is 6.09 Å². The Bertz CT molecular complexity index is 399. The van der Waals surface area contributed by atoms with Crippen LogP contribution >= 0.6 is 11.8 Å². The standard InChI is InChI=1S/C13H17NO3S/c1-17-10-2-4-11(5-3-10)18-12-6-8-14(9-7-12)13(15)16/h2-5,12H,6-9H2,1H3,(H,15,16). The second-order valence-corrected chi connectivity index (χ2v) is 5.64. The molecule has 98 valence electrons. The lowest BCUT2D eigenvalue weighted by atomic mass is 10.1. The number of thioether (sulfide) groups is 1. The first-order chi connectivity index (χ1) is 8.69.